The van der Waals surface area contributed by atoms with Gasteiger partial charge in [0.1, 0.15) is 6.54 Å². The monoisotopic (exact) mass is 379 g/mol. The van der Waals surface area contributed by atoms with Gasteiger partial charge >= 0.3 is 0 Å². The van der Waals surface area contributed by atoms with Gasteiger partial charge in [-0.1, -0.05) is 30.5 Å². The molecule has 1 fully saturated rings. The molecule has 7 heteroatoms. The Hall–Kier alpha value is -2.96. The minimum Gasteiger partial charge on any atom is -0.352 e. The molecule has 0 saturated heterocycles. The Bertz CT molecular complexity index is 1090. The van der Waals surface area contributed by atoms with Crippen LogP contribution in [0.15, 0.2) is 29.1 Å². The van der Waals surface area contributed by atoms with Crippen LogP contribution in [0.5, 0.6) is 0 Å². The van der Waals surface area contributed by atoms with Crippen molar-refractivity contribution in [2.24, 2.45) is 0 Å². The van der Waals surface area contributed by atoms with Crippen LogP contribution in [-0.4, -0.2) is 31.5 Å². The number of aryl methyl sites for hydroxylation is 3. The summed E-state index contributed by atoms with van der Waals surface area (Å²) in [6.07, 6.45) is 4.30. The number of amides is 1. The van der Waals surface area contributed by atoms with Crippen molar-refractivity contribution in [3.05, 3.63) is 51.6 Å². The highest BCUT2D eigenvalue weighted by Gasteiger charge is 2.20. The molecule has 7 nitrogen and oxygen atoms in total. The lowest BCUT2D eigenvalue weighted by molar-refractivity contribution is -0.122. The lowest BCUT2D eigenvalue weighted by atomic mass is 10.2. The van der Waals surface area contributed by atoms with E-state index in [1.165, 1.54) is 4.68 Å². The van der Waals surface area contributed by atoms with Gasteiger partial charge in [0.15, 0.2) is 5.52 Å². The molecule has 146 valence electrons. The fourth-order valence-corrected chi connectivity index (χ4v) is 4.01. The fraction of sp³-hybridized carbons (Fsp3) is 0.429. The first kappa shape index (κ1) is 18.4. The van der Waals surface area contributed by atoms with E-state index in [0.717, 1.165) is 48.0 Å². The van der Waals surface area contributed by atoms with Crippen LogP contribution in [0.3, 0.4) is 0 Å². The molecule has 0 spiro atoms. The Morgan fingerprint density at radius 3 is 2.46 bits per heavy atom. The standard InChI is InChI=1S/C21H25N5O2/c1-13-8-10-17(11-9-13)26-15(3)19-14(2)23-25(21(28)20(19)24-26)12-18(27)22-16-6-4-5-7-16/h8-11,16H,4-7,12H2,1-3H3,(H,22,27). The third-order valence-corrected chi connectivity index (χ3v) is 5.48. The van der Waals surface area contributed by atoms with Crippen LogP contribution < -0.4 is 10.9 Å². The summed E-state index contributed by atoms with van der Waals surface area (Å²) in [6, 6.07) is 8.20. The van der Waals surface area contributed by atoms with Crippen LogP contribution in [-0.2, 0) is 11.3 Å². The number of benzene rings is 1. The molecular formula is C21H25N5O2. The van der Waals surface area contributed by atoms with Gasteiger partial charge in [0.25, 0.3) is 5.56 Å². The summed E-state index contributed by atoms with van der Waals surface area (Å²) in [4.78, 5) is 25.3. The van der Waals surface area contributed by atoms with E-state index in [-0.39, 0.29) is 24.1 Å². The molecule has 2 heterocycles. The van der Waals surface area contributed by atoms with Gasteiger partial charge in [-0.25, -0.2) is 9.36 Å². The maximum Gasteiger partial charge on any atom is 0.295 e. The molecule has 0 unspecified atom stereocenters. The minimum absolute atomic E-state index is 0.0808. The van der Waals surface area contributed by atoms with Crippen molar-refractivity contribution in [2.45, 2.75) is 59.0 Å². The van der Waals surface area contributed by atoms with Crippen molar-refractivity contribution in [3.8, 4) is 5.69 Å². The largest absolute Gasteiger partial charge is 0.352 e. The van der Waals surface area contributed by atoms with Gasteiger partial charge in [0.2, 0.25) is 5.91 Å². The molecule has 1 aromatic carbocycles. The number of hydrogen-bond donors (Lipinski definition) is 1. The molecule has 1 aliphatic rings. The first-order valence-corrected chi connectivity index (χ1v) is 9.77. The van der Waals surface area contributed by atoms with Gasteiger partial charge in [-0.15, -0.1) is 0 Å². The van der Waals surface area contributed by atoms with Gasteiger partial charge in [-0.05, 0) is 45.7 Å². The van der Waals surface area contributed by atoms with E-state index in [1.54, 1.807) is 4.68 Å². The zero-order valence-corrected chi connectivity index (χ0v) is 16.5. The van der Waals surface area contributed by atoms with Crippen molar-refractivity contribution >= 4 is 16.8 Å². The van der Waals surface area contributed by atoms with Crippen molar-refractivity contribution in [3.63, 3.8) is 0 Å². The highest BCUT2D eigenvalue weighted by Crippen LogP contribution is 2.21. The van der Waals surface area contributed by atoms with Crippen molar-refractivity contribution in [2.75, 3.05) is 0 Å². The molecule has 28 heavy (non-hydrogen) atoms. The van der Waals surface area contributed by atoms with Crippen molar-refractivity contribution in [1.29, 1.82) is 0 Å². The van der Waals surface area contributed by atoms with Crippen LogP contribution in [0.25, 0.3) is 16.6 Å². The molecule has 1 aliphatic carbocycles. The maximum absolute atomic E-state index is 12.9. The zero-order chi connectivity index (χ0) is 19.8. The Labute approximate surface area is 163 Å². The summed E-state index contributed by atoms with van der Waals surface area (Å²) in [7, 11) is 0. The number of carbonyl (C=O) groups excluding carboxylic acids is 1. The minimum atomic E-state index is -0.337. The molecule has 0 bridgehead atoms. The van der Waals surface area contributed by atoms with Gasteiger partial charge in [0.05, 0.1) is 22.5 Å². The molecule has 1 saturated carbocycles. The lowest BCUT2D eigenvalue weighted by Gasteiger charge is -2.12. The zero-order valence-electron chi connectivity index (χ0n) is 16.5. The number of carbonyl (C=O) groups is 1. The summed E-state index contributed by atoms with van der Waals surface area (Å²) in [5, 5.41) is 12.7. The molecule has 1 amide bonds. The molecule has 0 atom stereocenters. The first-order chi connectivity index (χ1) is 13.4. The number of nitrogens with one attached hydrogen (secondary N) is 1. The summed E-state index contributed by atoms with van der Waals surface area (Å²) in [6.45, 7) is 5.73. The summed E-state index contributed by atoms with van der Waals surface area (Å²) >= 11 is 0. The Balaban J connectivity index is 1.70. The Kier molecular flexibility index (Phi) is 4.75. The van der Waals surface area contributed by atoms with Crippen molar-refractivity contribution in [1.82, 2.24) is 24.9 Å². The van der Waals surface area contributed by atoms with Gasteiger partial charge in [-0.3, -0.25) is 9.59 Å². The van der Waals surface area contributed by atoms with E-state index in [1.807, 2.05) is 45.0 Å². The number of rotatable bonds is 4. The highest BCUT2D eigenvalue weighted by atomic mass is 16.2. The topological polar surface area (TPSA) is 81.8 Å². The quantitative estimate of drug-likeness (QED) is 0.755. The van der Waals surface area contributed by atoms with E-state index in [0.29, 0.717) is 11.2 Å². The van der Waals surface area contributed by atoms with Gasteiger partial charge in [-0.2, -0.15) is 10.2 Å². The van der Waals surface area contributed by atoms with E-state index in [9.17, 15) is 9.59 Å². The van der Waals surface area contributed by atoms with E-state index in [4.69, 9.17) is 0 Å². The van der Waals surface area contributed by atoms with E-state index >= 15 is 0 Å². The molecule has 3 aromatic rings. The summed E-state index contributed by atoms with van der Waals surface area (Å²) in [5.41, 5.74) is 3.62. The first-order valence-electron chi connectivity index (χ1n) is 9.77. The highest BCUT2D eigenvalue weighted by molar-refractivity contribution is 5.84. The summed E-state index contributed by atoms with van der Waals surface area (Å²) in [5.74, 6) is -0.171. The fourth-order valence-electron chi connectivity index (χ4n) is 4.01. The average molecular weight is 379 g/mol. The molecule has 2 aromatic heterocycles. The molecule has 0 radical (unpaired) electrons. The van der Waals surface area contributed by atoms with E-state index in [2.05, 4.69) is 15.5 Å². The lowest BCUT2D eigenvalue weighted by Crippen LogP contribution is -2.38. The second-order valence-electron chi connectivity index (χ2n) is 7.65. The van der Waals surface area contributed by atoms with Crippen LogP contribution >= 0.6 is 0 Å². The van der Waals surface area contributed by atoms with Gasteiger partial charge in [0, 0.05) is 6.04 Å². The van der Waals surface area contributed by atoms with Crippen LogP contribution in [0.4, 0.5) is 0 Å². The molecular weight excluding hydrogens is 354 g/mol. The van der Waals surface area contributed by atoms with E-state index < -0.39 is 0 Å². The van der Waals surface area contributed by atoms with Crippen LogP contribution in [0.2, 0.25) is 0 Å². The summed E-state index contributed by atoms with van der Waals surface area (Å²) < 4.78 is 3.00. The second kappa shape index (κ2) is 7.22. The molecule has 4 rings (SSSR count). The smallest absolute Gasteiger partial charge is 0.295 e. The average Bonchev–Trinajstić information content (AvgIpc) is 3.28. The Morgan fingerprint density at radius 2 is 1.79 bits per heavy atom. The number of nitrogens with zero attached hydrogens (tertiary/aromatic N) is 4. The molecule has 0 aliphatic heterocycles. The maximum atomic E-state index is 12.9. The van der Waals surface area contributed by atoms with Gasteiger partial charge < -0.3 is 5.32 Å². The molecule has 1 N–H and O–H groups in total. The number of fused-ring (bicyclic) bond motifs is 1. The predicted octanol–water partition coefficient (Wildman–Crippen LogP) is 2.57. The third-order valence-electron chi connectivity index (χ3n) is 5.48. The van der Waals surface area contributed by atoms with Crippen molar-refractivity contribution < 1.29 is 4.79 Å². The third kappa shape index (κ3) is 3.32. The van der Waals surface area contributed by atoms with Crippen LogP contribution in [0, 0.1) is 20.8 Å². The van der Waals surface area contributed by atoms with Crippen LogP contribution in [0.1, 0.15) is 42.6 Å². The SMILES string of the molecule is Cc1ccc(-n2nc3c(=O)n(CC(=O)NC4CCCC4)nc(C)c3c2C)cc1. The predicted molar refractivity (Wildman–Crippen MR) is 108 cm³/mol. The number of aromatic nitrogens is 4. The normalized spacial score (nSPS) is 14.7. The Morgan fingerprint density at radius 1 is 1.11 bits per heavy atom. The number of hydrogen-bond acceptors (Lipinski definition) is 4. The second-order valence-corrected chi connectivity index (χ2v) is 7.65.